The molecule has 0 unspecified atom stereocenters. The third-order valence-corrected chi connectivity index (χ3v) is 6.76. The fourth-order valence-electron chi connectivity index (χ4n) is 3.29. The summed E-state index contributed by atoms with van der Waals surface area (Å²) in [5.74, 6) is -0.0880. The second-order valence-electron chi connectivity index (χ2n) is 7.33. The van der Waals surface area contributed by atoms with E-state index in [1.54, 1.807) is 30.3 Å². The molecule has 1 aliphatic heterocycles. The van der Waals surface area contributed by atoms with Gasteiger partial charge in [0.15, 0.2) is 28.7 Å². The fraction of sp³-hybridized carbons (Fsp3) is 0.0769. The number of thiocarbonyl (C=S) groups is 1. The molecule has 0 bridgehead atoms. The summed E-state index contributed by atoms with van der Waals surface area (Å²) < 4.78 is 17.4. The van der Waals surface area contributed by atoms with Crippen LogP contribution in [0.4, 0.5) is 5.69 Å². The number of thioether (sulfide) groups is 1. The molecule has 0 aliphatic carbocycles. The van der Waals surface area contributed by atoms with Gasteiger partial charge < -0.3 is 14.2 Å². The smallest absolute Gasteiger partial charge is 0.349 e. The Morgan fingerprint density at radius 2 is 1.83 bits per heavy atom. The van der Waals surface area contributed by atoms with Gasteiger partial charge in [-0.05, 0) is 54.1 Å². The number of aldehydes is 1. The summed E-state index contributed by atoms with van der Waals surface area (Å²) in [5.41, 5.74) is 1.64. The molecule has 7 nitrogen and oxygen atoms in total. The molecular weight excluding hydrogens is 566 g/mol. The molecule has 1 aliphatic rings. The minimum atomic E-state index is -0.688. The first-order valence-electron chi connectivity index (χ1n) is 10.5. The van der Waals surface area contributed by atoms with Gasteiger partial charge in [-0.3, -0.25) is 14.5 Å². The highest BCUT2D eigenvalue weighted by Gasteiger charge is 2.33. The van der Waals surface area contributed by atoms with Crippen molar-refractivity contribution in [2.45, 2.75) is 0 Å². The average molecular weight is 584 g/mol. The average Bonchev–Trinajstić information content (AvgIpc) is 3.16. The molecule has 3 aromatic rings. The number of anilines is 1. The van der Waals surface area contributed by atoms with Crippen molar-refractivity contribution in [1.82, 2.24) is 0 Å². The van der Waals surface area contributed by atoms with Gasteiger partial charge in [-0.1, -0.05) is 64.2 Å². The van der Waals surface area contributed by atoms with E-state index in [0.29, 0.717) is 42.7 Å². The number of methoxy groups -OCH3 is 1. The molecule has 1 fully saturated rings. The summed E-state index contributed by atoms with van der Waals surface area (Å²) in [6.07, 6.45) is 2.32. The predicted octanol–water partition coefficient (Wildman–Crippen LogP) is 5.66. The Hall–Kier alpha value is -3.47. The predicted molar refractivity (Wildman–Crippen MR) is 146 cm³/mol. The summed E-state index contributed by atoms with van der Waals surface area (Å²) >= 11 is 9.90. The van der Waals surface area contributed by atoms with Crippen LogP contribution in [0.3, 0.4) is 0 Å². The molecule has 36 heavy (non-hydrogen) atoms. The lowest BCUT2D eigenvalue weighted by Crippen LogP contribution is -2.27. The van der Waals surface area contributed by atoms with E-state index in [0.717, 1.165) is 0 Å². The highest BCUT2D eigenvalue weighted by molar-refractivity contribution is 9.10. The van der Waals surface area contributed by atoms with Crippen LogP contribution >= 0.6 is 39.9 Å². The third-order valence-electron chi connectivity index (χ3n) is 4.97. The zero-order valence-corrected chi connectivity index (χ0v) is 22.0. The number of para-hydroxylation sites is 1. The molecule has 1 amide bonds. The number of hydrogen-bond donors (Lipinski definition) is 0. The van der Waals surface area contributed by atoms with E-state index in [2.05, 4.69) is 15.9 Å². The normalized spacial score (nSPS) is 14.2. The third kappa shape index (κ3) is 5.84. The number of ether oxygens (including phenoxy) is 3. The van der Waals surface area contributed by atoms with Gasteiger partial charge in [0.05, 0.1) is 23.3 Å². The lowest BCUT2D eigenvalue weighted by Gasteiger charge is -2.14. The minimum absolute atomic E-state index is 0.128. The van der Waals surface area contributed by atoms with Gasteiger partial charge in [0.1, 0.15) is 5.75 Å². The summed E-state index contributed by atoms with van der Waals surface area (Å²) in [6, 6.07) is 19.0. The van der Waals surface area contributed by atoms with E-state index >= 15 is 0 Å². The first kappa shape index (κ1) is 25.6. The number of amides is 1. The SMILES string of the molecule is COc1cc(C=C2SC(=S)N(c3ccccc3)C2=O)ccc1OCC(=O)Oc1cc(Br)ccc1C=O. The quantitative estimate of drug-likeness (QED) is 0.110. The van der Waals surface area contributed by atoms with Crippen LogP contribution in [0.2, 0.25) is 0 Å². The van der Waals surface area contributed by atoms with Gasteiger partial charge in [-0.2, -0.15) is 0 Å². The van der Waals surface area contributed by atoms with E-state index in [1.165, 1.54) is 35.9 Å². The van der Waals surface area contributed by atoms with Crippen LogP contribution in [-0.2, 0) is 9.59 Å². The Morgan fingerprint density at radius 3 is 2.56 bits per heavy atom. The van der Waals surface area contributed by atoms with Crippen LogP contribution in [0.1, 0.15) is 15.9 Å². The number of nitrogens with zero attached hydrogens (tertiary/aromatic N) is 1. The van der Waals surface area contributed by atoms with Gasteiger partial charge in [0.2, 0.25) is 0 Å². The fourth-order valence-corrected chi connectivity index (χ4v) is 4.93. The van der Waals surface area contributed by atoms with Crippen LogP contribution in [0.15, 0.2) is 76.1 Å². The molecule has 1 saturated heterocycles. The largest absolute Gasteiger partial charge is 0.493 e. The topological polar surface area (TPSA) is 82.1 Å². The number of hydrogen-bond acceptors (Lipinski definition) is 8. The van der Waals surface area contributed by atoms with Crippen molar-refractivity contribution < 1.29 is 28.6 Å². The molecule has 0 saturated carbocycles. The molecule has 10 heteroatoms. The highest BCUT2D eigenvalue weighted by atomic mass is 79.9. The van der Waals surface area contributed by atoms with Crippen molar-refractivity contribution in [1.29, 1.82) is 0 Å². The number of benzene rings is 3. The maximum atomic E-state index is 13.0. The van der Waals surface area contributed by atoms with Crippen LogP contribution in [0, 0.1) is 0 Å². The van der Waals surface area contributed by atoms with E-state index in [4.69, 9.17) is 26.4 Å². The van der Waals surface area contributed by atoms with Crippen molar-refractivity contribution in [3.8, 4) is 17.2 Å². The first-order chi connectivity index (χ1) is 17.4. The summed E-state index contributed by atoms with van der Waals surface area (Å²) in [5, 5.41) is 0. The summed E-state index contributed by atoms with van der Waals surface area (Å²) in [4.78, 5) is 38.4. The van der Waals surface area contributed by atoms with Crippen molar-refractivity contribution in [3.05, 3.63) is 87.2 Å². The molecule has 0 N–H and O–H groups in total. The lowest BCUT2D eigenvalue weighted by atomic mass is 10.2. The maximum absolute atomic E-state index is 13.0. The standard InChI is InChI=1S/C26H18BrNO6S2/c1-32-22-11-16(12-23-25(31)28(26(35)36-23)19-5-3-2-4-6-19)7-10-20(22)33-15-24(30)34-21-13-18(27)9-8-17(21)14-29/h2-14H,15H2,1H3. The van der Waals surface area contributed by atoms with Crippen molar-refractivity contribution in [3.63, 3.8) is 0 Å². The van der Waals surface area contributed by atoms with Crippen LogP contribution in [-0.4, -0.2) is 36.2 Å². The first-order valence-corrected chi connectivity index (χ1v) is 12.5. The van der Waals surface area contributed by atoms with Crippen molar-refractivity contribution >= 4 is 74.2 Å². The van der Waals surface area contributed by atoms with Crippen LogP contribution < -0.4 is 19.1 Å². The van der Waals surface area contributed by atoms with Gasteiger partial charge in [0, 0.05) is 4.47 Å². The van der Waals surface area contributed by atoms with Gasteiger partial charge in [0.25, 0.3) is 5.91 Å². The highest BCUT2D eigenvalue weighted by Crippen LogP contribution is 2.37. The Bertz CT molecular complexity index is 1380. The Kier molecular flexibility index (Phi) is 8.19. The molecule has 182 valence electrons. The molecular formula is C26H18BrNO6S2. The van der Waals surface area contributed by atoms with Crippen molar-refractivity contribution in [2.75, 3.05) is 18.6 Å². The van der Waals surface area contributed by atoms with Crippen LogP contribution in [0.25, 0.3) is 6.08 Å². The number of carbonyl (C=O) groups is 3. The zero-order chi connectivity index (χ0) is 25.7. The lowest BCUT2D eigenvalue weighted by molar-refractivity contribution is -0.136. The molecule has 4 rings (SSSR count). The Morgan fingerprint density at radius 1 is 1.06 bits per heavy atom. The van der Waals surface area contributed by atoms with Gasteiger partial charge in [-0.25, -0.2) is 4.79 Å². The van der Waals surface area contributed by atoms with E-state index in [-0.39, 0.29) is 17.2 Å². The molecule has 3 aromatic carbocycles. The van der Waals surface area contributed by atoms with E-state index in [1.807, 2.05) is 30.3 Å². The van der Waals surface area contributed by atoms with Gasteiger partial charge >= 0.3 is 5.97 Å². The molecule has 0 spiro atoms. The van der Waals surface area contributed by atoms with E-state index < -0.39 is 12.6 Å². The number of carbonyl (C=O) groups excluding carboxylic acids is 3. The molecule has 0 atom stereocenters. The minimum Gasteiger partial charge on any atom is -0.493 e. The summed E-state index contributed by atoms with van der Waals surface area (Å²) in [7, 11) is 1.47. The van der Waals surface area contributed by atoms with E-state index in [9.17, 15) is 14.4 Å². The number of esters is 1. The number of rotatable bonds is 8. The Balaban J connectivity index is 1.45. The molecule has 0 aromatic heterocycles. The second-order valence-corrected chi connectivity index (χ2v) is 9.92. The number of halogens is 1. The van der Waals surface area contributed by atoms with Crippen LogP contribution in [0.5, 0.6) is 17.2 Å². The van der Waals surface area contributed by atoms with Crippen molar-refractivity contribution in [2.24, 2.45) is 0 Å². The van der Waals surface area contributed by atoms with Gasteiger partial charge in [-0.15, -0.1) is 0 Å². The zero-order valence-electron chi connectivity index (χ0n) is 18.8. The molecule has 0 radical (unpaired) electrons. The molecule has 1 heterocycles. The Labute approximate surface area is 225 Å². The summed E-state index contributed by atoms with van der Waals surface area (Å²) in [6.45, 7) is -0.406. The monoisotopic (exact) mass is 583 g/mol. The maximum Gasteiger partial charge on any atom is 0.349 e. The second kappa shape index (κ2) is 11.5.